The maximum Gasteiger partial charge on any atom is 0.151 e. The molecule has 6 heteroatoms. The van der Waals surface area contributed by atoms with Crippen molar-refractivity contribution in [3.63, 3.8) is 0 Å². The summed E-state index contributed by atoms with van der Waals surface area (Å²) in [6, 6.07) is 19.1. The first-order valence-electron chi connectivity index (χ1n) is 8.46. The highest BCUT2D eigenvalue weighted by Gasteiger charge is 2.10. The molecule has 0 unspecified atom stereocenters. The number of rotatable bonds is 9. The molecular weight excluding hydrogens is 332 g/mol. The van der Waals surface area contributed by atoms with Gasteiger partial charge in [-0.2, -0.15) is 0 Å². The minimum absolute atomic E-state index is 0.137. The summed E-state index contributed by atoms with van der Waals surface area (Å²) >= 11 is 0. The average Bonchev–Trinajstić information content (AvgIpc) is 3.17. The van der Waals surface area contributed by atoms with Crippen LogP contribution in [0.2, 0.25) is 0 Å². The molecule has 26 heavy (non-hydrogen) atoms. The molecule has 1 aromatic heterocycles. The Morgan fingerprint density at radius 2 is 1.73 bits per heavy atom. The molecule has 3 N–H and O–H groups in total. The SMILES string of the molecule is OCC(CO)NCc1cc(-c2ccc(OCc3ccccc3)cc2)no1. The number of aromatic nitrogens is 1. The van der Waals surface area contributed by atoms with Crippen molar-refractivity contribution in [1.82, 2.24) is 10.5 Å². The first-order chi connectivity index (χ1) is 12.8. The van der Waals surface area contributed by atoms with E-state index in [4.69, 9.17) is 19.5 Å². The smallest absolute Gasteiger partial charge is 0.151 e. The Kier molecular flexibility index (Phi) is 6.38. The van der Waals surface area contributed by atoms with Gasteiger partial charge in [-0.1, -0.05) is 35.5 Å². The second kappa shape index (κ2) is 9.15. The lowest BCUT2D eigenvalue weighted by Gasteiger charge is -2.10. The maximum absolute atomic E-state index is 9.05. The van der Waals surface area contributed by atoms with Crippen LogP contribution in [0.3, 0.4) is 0 Å². The zero-order valence-corrected chi connectivity index (χ0v) is 14.3. The molecule has 0 aliphatic heterocycles. The zero-order valence-electron chi connectivity index (χ0n) is 14.3. The second-order valence-electron chi connectivity index (χ2n) is 5.92. The Balaban J connectivity index is 1.56. The lowest BCUT2D eigenvalue weighted by Crippen LogP contribution is -2.35. The molecule has 2 aromatic carbocycles. The number of hydrogen-bond acceptors (Lipinski definition) is 6. The maximum atomic E-state index is 9.05. The quantitative estimate of drug-likeness (QED) is 0.547. The minimum atomic E-state index is -0.371. The summed E-state index contributed by atoms with van der Waals surface area (Å²) in [5.74, 6) is 1.42. The van der Waals surface area contributed by atoms with Gasteiger partial charge in [-0.3, -0.25) is 0 Å². The van der Waals surface area contributed by atoms with Crippen molar-refractivity contribution in [2.45, 2.75) is 19.2 Å². The van der Waals surface area contributed by atoms with Gasteiger partial charge in [0.1, 0.15) is 18.1 Å². The summed E-state index contributed by atoms with van der Waals surface area (Å²) in [6.07, 6.45) is 0. The van der Waals surface area contributed by atoms with Crippen LogP contribution in [0.15, 0.2) is 65.2 Å². The molecule has 0 spiro atoms. The Bertz CT molecular complexity index is 783. The molecule has 0 radical (unpaired) electrons. The van der Waals surface area contributed by atoms with E-state index in [0.29, 0.717) is 18.9 Å². The Morgan fingerprint density at radius 1 is 1.00 bits per heavy atom. The summed E-state index contributed by atoms with van der Waals surface area (Å²) in [4.78, 5) is 0. The molecule has 3 rings (SSSR count). The van der Waals surface area contributed by atoms with E-state index in [-0.39, 0.29) is 19.3 Å². The van der Waals surface area contributed by atoms with E-state index in [1.807, 2.05) is 60.7 Å². The van der Waals surface area contributed by atoms with E-state index in [1.165, 1.54) is 0 Å². The third kappa shape index (κ3) is 4.92. The molecule has 6 nitrogen and oxygen atoms in total. The first kappa shape index (κ1) is 18.1. The van der Waals surface area contributed by atoms with Gasteiger partial charge in [0.15, 0.2) is 5.76 Å². The Morgan fingerprint density at radius 3 is 2.42 bits per heavy atom. The summed E-state index contributed by atoms with van der Waals surface area (Å²) < 4.78 is 11.1. The highest BCUT2D eigenvalue weighted by molar-refractivity contribution is 5.59. The number of benzene rings is 2. The molecule has 136 valence electrons. The fourth-order valence-electron chi connectivity index (χ4n) is 2.43. The minimum Gasteiger partial charge on any atom is -0.489 e. The van der Waals surface area contributed by atoms with Crippen molar-refractivity contribution in [3.05, 3.63) is 72.0 Å². The van der Waals surface area contributed by atoms with E-state index in [2.05, 4.69) is 10.5 Å². The number of nitrogens with one attached hydrogen (secondary N) is 1. The largest absolute Gasteiger partial charge is 0.489 e. The number of nitrogens with zero attached hydrogens (tertiary/aromatic N) is 1. The Hall–Kier alpha value is -2.67. The fraction of sp³-hybridized carbons (Fsp3) is 0.250. The van der Waals surface area contributed by atoms with Crippen LogP contribution in [0, 0.1) is 0 Å². The van der Waals surface area contributed by atoms with Gasteiger partial charge >= 0.3 is 0 Å². The third-order valence-electron chi connectivity index (χ3n) is 3.96. The second-order valence-corrected chi connectivity index (χ2v) is 5.92. The van der Waals surface area contributed by atoms with E-state index in [9.17, 15) is 0 Å². The van der Waals surface area contributed by atoms with Gasteiger partial charge in [0, 0.05) is 11.6 Å². The highest BCUT2D eigenvalue weighted by Crippen LogP contribution is 2.23. The number of hydrogen-bond donors (Lipinski definition) is 3. The first-order valence-corrected chi connectivity index (χ1v) is 8.46. The van der Waals surface area contributed by atoms with Crippen LogP contribution >= 0.6 is 0 Å². The lowest BCUT2D eigenvalue weighted by molar-refractivity contribution is 0.167. The standard InChI is InChI=1S/C20H22N2O4/c23-12-17(13-24)21-11-19-10-20(22-26-19)16-6-8-18(9-7-16)25-14-15-4-2-1-3-5-15/h1-10,17,21,23-24H,11-14H2. The van der Waals surface area contributed by atoms with E-state index in [1.54, 1.807) is 0 Å². The fourth-order valence-corrected chi connectivity index (χ4v) is 2.43. The van der Waals surface area contributed by atoms with Crippen molar-refractivity contribution in [1.29, 1.82) is 0 Å². The number of aliphatic hydroxyl groups is 2. The zero-order chi connectivity index (χ0) is 18.2. The van der Waals surface area contributed by atoms with Crippen LogP contribution in [0.1, 0.15) is 11.3 Å². The van der Waals surface area contributed by atoms with Crippen LogP contribution in [-0.4, -0.2) is 34.6 Å². The normalized spacial score (nSPS) is 11.0. The monoisotopic (exact) mass is 354 g/mol. The van der Waals surface area contributed by atoms with Crippen LogP contribution in [-0.2, 0) is 13.2 Å². The van der Waals surface area contributed by atoms with Gasteiger partial charge in [0.2, 0.25) is 0 Å². The van der Waals surface area contributed by atoms with Crippen molar-refractivity contribution < 1.29 is 19.5 Å². The molecule has 0 saturated carbocycles. The van der Waals surface area contributed by atoms with Gasteiger partial charge in [-0.25, -0.2) is 0 Å². The predicted octanol–water partition coefficient (Wildman–Crippen LogP) is 2.36. The van der Waals surface area contributed by atoms with Gasteiger partial charge in [0.05, 0.1) is 25.8 Å². The average molecular weight is 354 g/mol. The third-order valence-corrected chi connectivity index (χ3v) is 3.96. The molecule has 0 saturated heterocycles. The summed E-state index contributed by atoms with van der Waals surface area (Å²) in [7, 11) is 0. The van der Waals surface area contributed by atoms with Crippen molar-refractivity contribution in [2.75, 3.05) is 13.2 Å². The predicted molar refractivity (Wildman–Crippen MR) is 97.5 cm³/mol. The van der Waals surface area contributed by atoms with Crippen molar-refractivity contribution in [3.8, 4) is 17.0 Å². The molecule has 0 aliphatic rings. The van der Waals surface area contributed by atoms with Gasteiger partial charge in [-0.05, 0) is 29.8 Å². The highest BCUT2D eigenvalue weighted by atomic mass is 16.5. The number of aliphatic hydroxyl groups excluding tert-OH is 2. The van der Waals surface area contributed by atoms with E-state index >= 15 is 0 Å². The lowest BCUT2D eigenvalue weighted by atomic mass is 10.1. The molecule has 0 atom stereocenters. The van der Waals surface area contributed by atoms with Crippen molar-refractivity contribution in [2.24, 2.45) is 0 Å². The number of ether oxygens (including phenoxy) is 1. The van der Waals surface area contributed by atoms with Crippen LogP contribution in [0.4, 0.5) is 0 Å². The molecule has 0 aliphatic carbocycles. The van der Waals surface area contributed by atoms with E-state index < -0.39 is 0 Å². The molecule has 0 fully saturated rings. The summed E-state index contributed by atoms with van der Waals surface area (Å²) in [5, 5.41) is 25.1. The topological polar surface area (TPSA) is 87.8 Å². The Labute approximate surface area is 152 Å². The van der Waals surface area contributed by atoms with Gasteiger partial charge < -0.3 is 24.8 Å². The van der Waals surface area contributed by atoms with Gasteiger partial charge in [0.25, 0.3) is 0 Å². The summed E-state index contributed by atoms with van der Waals surface area (Å²) in [6.45, 7) is 0.637. The van der Waals surface area contributed by atoms with Crippen LogP contribution in [0.5, 0.6) is 5.75 Å². The van der Waals surface area contributed by atoms with E-state index in [0.717, 1.165) is 22.6 Å². The molecule has 3 aromatic rings. The summed E-state index contributed by atoms with van der Waals surface area (Å²) in [5.41, 5.74) is 2.77. The van der Waals surface area contributed by atoms with Crippen molar-refractivity contribution >= 4 is 0 Å². The molecular formula is C20H22N2O4. The molecule has 0 bridgehead atoms. The molecule has 0 amide bonds. The van der Waals surface area contributed by atoms with Gasteiger partial charge in [-0.15, -0.1) is 0 Å². The van der Waals surface area contributed by atoms with Crippen LogP contribution < -0.4 is 10.1 Å². The molecule has 1 heterocycles. The van der Waals surface area contributed by atoms with Crippen LogP contribution in [0.25, 0.3) is 11.3 Å².